The summed E-state index contributed by atoms with van der Waals surface area (Å²) in [7, 11) is 0. The third-order valence-corrected chi connectivity index (χ3v) is 2.95. The number of carbonyl (C=O) groups excluding carboxylic acids is 1. The molecule has 5 N–H and O–H groups in total. The highest BCUT2D eigenvalue weighted by atomic mass is 16.1. The fourth-order valence-electron chi connectivity index (χ4n) is 1.87. The molecule has 0 bridgehead atoms. The van der Waals surface area contributed by atoms with Gasteiger partial charge in [-0.05, 0) is 31.4 Å². The third-order valence-electron chi connectivity index (χ3n) is 2.95. The number of amides is 1. The summed E-state index contributed by atoms with van der Waals surface area (Å²) in [5.41, 5.74) is 11.8. The Morgan fingerprint density at radius 2 is 2.29 bits per heavy atom. The summed E-state index contributed by atoms with van der Waals surface area (Å²) in [4.78, 5) is 15.2. The van der Waals surface area contributed by atoms with E-state index in [1.807, 2.05) is 0 Å². The van der Waals surface area contributed by atoms with Crippen molar-refractivity contribution >= 4 is 17.4 Å². The van der Waals surface area contributed by atoms with Gasteiger partial charge in [0.2, 0.25) is 0 Å². The summed E-state index contributed by atoms with van der Waals surface area (Å²) in [5.74, 6) is 0.843. The van der Waals surface area contributed by atoms with Crippen molar-refractivity contribution in [3.8, 4) is 0 Å². The van der Waals surface area contributed by atoms with E-state index >= 15 is 0 Å². The first-order chi connectivity index (χ1) is 8.06. The fourth-order valence-corrected chi connectivity index (χ4v) is 1.87. The fraction of sp³-hybridized carbons (Fsp3) is 0.500. The van der Waals surface area contributed by atoms with Crippen molar-refractivity contribution in [2.24, 2.45) is 11.7 Å². The number of nitrogens with one attached hydrogen (secondary N) is 1. The molecule has 0 saturated heterocycles. The molecule has 92 valence electrons. The summed E-state index contributed by atoms with van der Waals surface area (Å²) in [5, 5.41) is 3.23. The van der Waals surface area contributed by atoms with Crippen LogP contribution in [0.25, 0.3) is 0 Å². The zero-order valence-corrected chi connectivity index (χ0v) is 9.94. The van der Waals surface area contributed by atoms with Crippen molar-refractivity contribution in [3.05, 3.63) is 17.8 Å². The SMILES string of the molecule is CC(CC1CC1)Nc1nc(C(N)=O)ccc1N. The minimum absolute atomic E-state index is 0.236. The first kappa shape index (κ1) is 11.7. The molecule has 1 unspecified atom stereocenters. The normalized spacial score (nSPS) is 16.5. The number of nitrogens with two attached hydrogens (primary N) is 2. The van der Waals surface area contributed by atoms with Crippen molar-refractivity contribution < 1.29 is 4.79 Å². The number of nitrogens with zero attached hydrogens (tertiary/aromatic N) is 1. The van der Waals surface area contributed by atoms with Gasteiger partial charge in [-0.1, -0.05) is 12.8 Å². The Morgan fingerprint density at radius 3 is 2.88 bits per heavy atom. The standard InChI is InChI=1S/C12H18N4O/c1-7(6-8-2-3-8)15-12-9(13)4-5-10(16-12)11(14)17/h4-5,7-8H,2-3,6,13H2,1H3,(H2,14,17)(H,15,16). The van der Waals surface area contributed by atoms with Crippen LogP contribution in [-0.4, -0.2) is 16.9 Å². The van der Waals surface area contributed by atoms with Crippen molar-refractivity contribution in [1.82, 2.24) is 4.98 Å². The molecule has 1 atom stereocenters. The average molecular weight is 234 g/mol. The summed E-state index contributed by atoms with van der Waals surface area (Å²) in [6, 6.07) is 3.49. The van der Waals surface area contributed by atoms with Gasteiger partial charge in [0.15, 0.2) is 0 Å². The van der Waals surface area contributed by atoms with E-state index in [-0.39, 0.29) is 5.69 Å². The smallest absolute Gasteiger partial charge is 0.267 e. The molecule has 5 heteroatoms. The predicted octanol–water partition coefficient (Wildman–Crippen LogP) is 1.36. The highest BCUT2D eigenvalue weighted by Crippen LogP contribution is 2.34. The molecule has 1 heterocycles. The topological polar surface area (TPSA) is 94.0 Å². The molecule has 0 radical (unpaired) electrons. The number of rotatable bonds is 5. The first-order valence-electron chi connectivity index (χ1n) is 5.89. The van der Waals surface area contributed by atoms with Crippen molar-refractivity contribution in [2.75, 3.05) is 11.1 Å². The van der Waals surface area contributed by atoms with Crippen LogP contribution in [0.15, 0.2) is 12.1 Å². The van der Waals surface area contributed by atoms with E-state index < -0.39 is 5.91 Å². The number of hydrogen-bond acceptors (Lipinski definition) is 4. The minimum Gasteiger partial charge on any atom is -0.396 e. The van der Waals surface area contributed by atoms with Gasteiger partial charge in [0, 0.05) is 6.04 Å². The van der Waals surface area contributed by atoms with Gasteiger partial charge in [-0.25, -0.2) is 4.98 Å². The summed E-state index contributed by atoms with van der Waals surface area (Å²) in [6.45, 7) is 2.09. The lowest BCUT2D eigenvalue weighted by Crippen LogP contribution is -2.20. The van der Waals surface area contributed by atoms with Gasteiger partial charge in [0.25, 0.3) is 5.91 Å². The van der Waals surface area contributed by atoms with E-state index in [2.05, 4.69) is 17.2 Å². The molecular weight excluding hydrogens is 216 g/mol. The highest BCUT2D eigenvalue weighted by molar-refractivity contribution is 5.91. The lowest BCUT2D eigenvalue weighted by atomic mass is 10.1. The lowest BCUT2D eigenvalue weighted by molar-refractivity contribution is 0.0995. The Labute approximate surface area is 101 Å². The maximum absolute atomic E-state index is 11.0. The molecule has 1 saturated carbocycles. The van der Waals surface area contributed by atoms with E-state index in [4.69, 9.17) is 11.5 Å². The van der Waals surface area contributed by atoms with E-state index in [1.165, 1.54) is 18.9 Å². The number of anilines is 2. The molecule has 1 aromatic rings. The number of carbonyl (C=O) groups is 1. The number of pyridine rings is 1. The monoisotopic (exact) mass is 234 g/mol. The van der Waals surface area contributed by atoms with Crippen LogP contribution in [0.2, 0.25) is 0 Å². The van der Waals surface area contributed by atoms with Crippen LogP contribution < -0.4 is 16.8 Å². The van der Waals surface area contributed by atoms with Gasteiger partial charge in [-0.2, -0.15) is 0 Å². The van der Waals surface area contributed by atoms with E-state index in [1.54, 1.807) is 6.07 Å². The van der Waals surface area contributed by atoms with Gasteiger partial charge in [0.05, 0.1) is 5.69 Å². The van der Waals surface area contributed by atoms with Gasteiger partial charge >= 0.3 is 0 Å². The number of primary amides is 1. The van der Waals surface area contributed by atoms with Gasteiger partial charge < -0.3 is 16.8 Å². The zero-order valence-electron chi connectivity index (χ0n) is 9.94. The van der Waals surface area contributed by atoms with Gasteiger partial charge in [-0.15, -0.1) is 0 Å². The molecule has 1 aromatic heterocycles. The van der Waals surface area contributed by atoms with Gasteiger partial charge in [-0.3, -0.25) is 4.79 Å². The van der Waals surface area contributed by atoms with Crippen LogP contribution in [0.5, 0.6) is 0 Å². The molecular formula is C12H18N4O. The molecule has 1 aliphatic rings. The maximum Gasteiger partial charge on any atom is 0.267 e. The predicted molar refractivity (Wildman–Crippen MR) is 67.6 cm³/mol. The van der Waals surface area contributed by atoms with Crippen LogP contribution in [0.4, 0.5) is 11.5 Å². The molecule has 1 amide bonds. The first-order valence-corrected chi connectivity index (χ1v) is 5.89. The average Bonchev–Trinajstić information content (AvgIpc) is 3.04. The second-order valence-electron chi connectivity index (χ2n) is 4.72. The van der Waals surface area contributed by atoms with Crippen molar-refractivity contribution in [2.45, 2.75) is 32.2 Å². The van der Waals surface area contributed by atoms with Crippen LogP contribution in [0.1, 0.15) is 36.7 Å². The van der Waals surface area contributed by atoms with Crippen molar-refractivity contribution in [1.29, 1.82) is 0 Å². The van der Waals surface area contributed by atoms with Crippen LogP contribution >= 0.6 is 0 Å². The Bertz CT molecular complexity index is 429. The Hall–Kier alpha value is -1.78. The molecule has 0 spiro atoms. The maximum atomic E-state index is 11.0. The third kappa shape index (κ3) is 3.09. The molecule has 2 rings (SSSR count). The molecule has 17 heavy (non-hydrogen) atoms. The number of nitrogen functional groups attached to an aromatic ring is 1. The second kappa shape index (κ2) is 4.61. The van der Waals surface area contributed by atoms with Crippen LogP contribution in [0.3, 0.4) is 0 Å². The minimum atomic E-state index is -0.539. The molecule has 0 aromatic carbocycles. The number of hydrogen-bond donors (Lipinski definition) is 3. The largest absolute Gasteiger partial charge is 0.396 e. The molecule has 1 fully saturated rings. The molecule has 5 nitrogen and oxygen atoms in total. The summed E-state index contributed by atoms with van der Waals surface area (Å²) < 4.78 is 0. The zero-order chi connectivity index (χ0) is 12.4. The van der Waals surface area contributed by atoms with E-state index in [9.17, 15) is 4.79 Å². The second-order valence-corrected chi connectivity index (χ2v) is 4.72. The quantitative estimate of drug-likeness (QED) is 0.717. The Balaban J connectivity index is 2.07. The Morgan fingerprint density at radius 1 is 1.59 bits per heavy atom. The van der Waals surface area contributed by atoms with Crippen LogP contribution in [-0.2, 0) is 0 Å². The Kier molecular flexibility index (Phi) is 3.17. The summed E-state index contributed by atoms with van der Waals surface area (Å²) in [6.07, 6.45) is 3.74. The van der Waals surface area contributed by atoms with E-state index in [0.29, 0.717) is 17.5 Å². The molecule has 1 aliphatic carbocycles. The van der Waals surface area contributed by atoms with Gasteiger partial charge in [0.1, 0.15) is 11.5 Å². The van der Waals surface area contributed by atoms with Crippen LogP contribution in [0, 0.1) is 5.92 Å². The summed E-state index contributed by atoms with van der Waals surface area (Å²) >= 11 is 0. The van der Waals surface area contributed by atoms with E-state index in [0.717, 1.165) is 12.3 Å². The lowest BCUT2D eigenvalue weighted by Gasteiger charge is -2.15. The number of aromatic nitrogens is 1. The highest BCUT2D eigenvalue weighted by Gasteiger charge is 2.23. The molecule has 0 aliphatic heterocycles. The van der Waals surface area contributed by atoms with Crippen molar-refractivity contribution in [3.63, 3.8) is 0 Å².